The van der Waals surface area contributed by atoms with Gasteiger partial charge in [0.15, 0.2) is 0 Å². The van der Waals surface area contributed by atoms with E-state index in [0.29, 0.717) is 16.9 Å². The molecule has 27 heavy (non-hydrogen) atoms. The number of hydrogen-bond acceptors (Lipinski definition) is 5. The first-order valence-corrected chi connectivity index (χ1v) is 8.71. The normalized spacial score (nSPS) is 13.4. The Morgan fingerprint density at radius 1 is 1.19 bits per heavy atom. The van der Waals surface area contributed by atoms with Crippen LogP contribution in [-0.4, -0.2) is 42.5 Å². The molecule has 0 bridgehead atoms. The molecule has 0 spiro atoms. The van der Waals surface area contributed by atoms with E-state index in [1.807, 2.05) is 26.0 Å². The van der Waals surface area contributed by atoms with E-state index < -0.39 is 5.97 Å². The van der Waals surface area contributed by atoms with Gasteiger partial charge in [0.05, 0.1) is 23.5 Å². The predicted octanol–water partition coefficient (Wildman–Crippen LogP) is 2.25. The fourth-order valence-corrected chi connectivity index (χ4v) is 2.99. The van der Waals surface area contributed by atoms with Crippen LogP contribution >= 0.6 is 0 Å². The Labute approximate surface area is 157 Å². The zero-order valence-corrected chi connectivity index (χ0v) is 15.6. The summed E-state index contributed by atoms with van der Waals surface area (Å²) in [5.74, 6) is -1.13. The van der Waals surface area contributed by atoms with Crippen LogP contribution in [-0.2, 0) is 14.3 Å². The first-order chi connectivity index (χ1) is 12.9. The average molecular weight is 367 g/mol. The van der Waals surface area contributed by atoms with E-state index in [0.717, 1.165) is 11.1 Å². The van der Waals surface area contributed by atoms with Gasteiger partial charge >= 0.3 is 5.97 Å². The van der Waals surface area contributed by atoms with E-state index >= 15 is 0 Å². The molecule has 2 amide bonds. The fraction of sp³-hybridized carbons (Fsp3) is 0.300. The smallest absolute Gasteiger partial charge is 0.326 e. The summed E-state index contributed by atoms with van der Waals surface area (Å²) in [5, 5.41) is 0. The maximum atomic E-state index is 13.0. The molecule has 7 heteroatoms. The Hall–Kier alpha value is -3.22. The highest BCUT2D eigenvalue weighted by Gasteiger charge is 2.34. The molecule has 0 atom stereocenters. The number of rotatable bonds is 4. The van der Waals surface area contributed by atoms with Crippen molar-refractivity contribution >= 4 is 29.2 Å². The highest BCUT2D eigenvalue weighted by molar-refractivity contribution is 6.16. The molecule has 1 aliphatic rings. The third-order valence-corrected chi connectivity index (χ3v) is 4.51. The maximum absolute atomic E-state index is 13.0. The van der Waals surface area contributed by atoms with Crippen molar-refractivity contribution in [1.29, 1.82) is 0 Å². The van der Waals surface area contributed by atoms with Crippen LogP contribution in [0.4, 0.5) is 11.4 Å². The minimum atomic E-state index is -0.484. The predicted molar refractivity (Wildman–Crippen MR) is 101 cm³/mol. The monoisotopic (exact) mass is 367 g/mol. The Bertz CT molecular complexity index is 896. The second-order valence-corrected chi connectivity index (χ2v) is 6.34. The van der Waals surface area contributed by atoms with Crippen LogP contribution in [0, 0.1) is 13.8 Å². The van der Waals surface area contributed by atoms with Crippen LogP contribution in [0.25, 0.3) is 0 Å². The number of ether oxygens (including phenoxy) is 1. The van der Waals surface area contributed by atoms with Gasteiger partial charge in [0, 0.05) is 12.4 Å². The molecule has 1 aromatic carbocycles. The Kier molecular flexibility index (Phi) is 5.21. The van der Waals surface area contributed by atoms with Crippen LogP contribution in [0.2, 0.25) is 0 Å². The van der Waals surface area contributed by atoms with Crippen molar-refractivity contribution in [2.75, 3.05) is 29.5 Å². The van der Waals surface area contributed by atoms with Crippen LogP contribution in [0.15, 0.2) is 36.7 Å². The highest BCUT2D eigenvalue weighted by Crippen LogP contribution is 2.36. The van der Waals surface area contributed by atoms with E-state index in [-0.39, 0.29) is 31.5 Å². The van der Waals surface area contributed by atoms with Gasteiger partial charge in [-0.05, 0) is 56.2 Å². The van der Waals surface area contributed by atoms with Gasteiger partial charge in [-0.15, -0.1) is 0 Å². The third kappa shape index (κ3) is 3.67. The van der Waals surface area contributed by atoms with Crippen LogP contribution in [0.1, 0.15) is 28.4 Å². The molecule has 0 saturated carbocycles. The van der Waals surface area contributed by atoms with Crippen molar-refractivity contribution in [1.82, 2.24) is 4.98 Å². The van der Waals surface area contributed by atoms with Gasteiger partial charge in [-0.3, -0.25) is 29.2 Å². The summed E-state index contributed by atoms with van der Waals surface area (Å²) >= 11 is 0. The van der Waals surface area contributed by atoms with Crippen LogP contribution in [0.3, 0.4) is 0 Å². The summed E-state index contributed by atoms with van der Waals surface area (Å²) in [6.45, 7) is 5.48. The van der Waals surface area contributed by atoms with Crippen molar-refractivity contribution in [3.63, 3.8) is 0 Å². The molecule has 0 unspecified atom stereocenters. The number of pyridine rings is 1. The molecule has 2 heterocycles. The number of amides is 2. The van der Waals surface area contributed by atoms with Crippen LogP contribution in [0.5, 0.6) is 0 Å². The van der Waals surface area contributed by atoms with Crippen molar-refractivity contribution in [3.8, 4) is 0 Å². The van der Waals surface area contributed by atoms with Gasteiger partial charge < -0.3 is 4.74 Å². The lowest BCUT2D eigenvalue weighted by atomic mass is 10.0. The van der Waals surface area contributed by atoms with E-state index in [1.165, 1.54) is 16.0 Å². The molecular formula is C20H21N3O4. The molecular weight excluding hydrogens is 346 g/mol. The highest BCUT2D eigenvalue weighted by atomic mass is 16.5. The standard InChI is InChI=1S/C20H21N3O4/c1-4-27-19(25)12-22-16-8-13(2)14(3)9-17(16)23(11-18(22)24)20(26)15-6-5-7-21-10-15/h5-10H,4,11-12H2,1-3H3. The maximum Gasteiger partial charge on any atom is 0.326 e. The molecule has 1 aromatic heterocycles. The number of aromatic nitrogens is 1. The fourth-order valence-electron chi connectivity index (χ4n) is 2.99. The first-order valence-electron chi connectivity index (χ1n) is 8.71. The number of anilines is 2. The number of benzene rings is 1. The number of hydrogen-bond donors (Lipinski definition) is 0. The van der Waals surface area contributed by atoms with E-state index in [9.17, 15) is 14.4 Å². The number of fused-ring (bicyclic) bond motifs is 1. The molecule has 0 fully saturated rings. The molecule has 3 rings (SSSR count). The molecule has 0 N–H and O–H groups in total. The number of carbonyl (C=O) groups is 3. The van der Waals surface area contributed by atoms with Crippen molar-refractivity contribution in [3.05, 3.63) is 53.3 Å². The van der Waals surface area contributed by atoms with Crippen molar-refractivity contribution in [2.24, 2.45) is 0 Å². The third-order valence-electron chi connectivity index (χ3n) is 4.51. The lowest BCUT2D eigenvalue weighted by Crippen LogP contribution is -2.50. The summed E-state index contributed by atoms with van der Waals surface area (Å²) in [6, 6.07) is 7.02. The molecule has 7 nitrogen and oxygen atoms in total. The molecule has 1 aliphatic heterocycles. The number of esters is 1. The van der Waals surface area contributed by atoms with E-state index in [1.54, 1.807) is 25.3 Å². The Morgan fingerprint density at radius 2 is 1.89 bits per heavy atom. The molecule has 2 aromatic rings. The van der Waals surface area contributed by atoms with Gasteiger partial charge in [-0.1, -0.05) is 0 Å². The molecule has 140 valence electrons. The first kappa shape index (κ1) is 18.6. The number of carbonyl (C=O) groups excluding carboxylic acids is 3. The lowest BCUT2D eigenvalue weighted by molar-refractivity contribution is -0.142. The van der Waals surface area contributed by atoms with Crippen LogP contribution < -0.4 is 9.80 Å². The van der Waals surface area contributed by atoms with E-state index in [4.69, 9.17) is 4.74 Å². The number of aryl methyl sites for hydroxylation is 2. The lowest BCUT2D eigenvalue weighted by Gasteiger charge is -2.36. The summed E-state index contributed by atoms with van der Waals surface area (Å²) in [4.78, 5) is 44.5. The topological polar surface area (TPSA) is 79.8 Å². The minimum Gasteiger partial charge on any atom is -0.465 e. The molecule has 0 aliphatic carbocycles. The SMILES string of the molecule is CCOC(=O)CN1C(=O)CN(C(=O)c2cccnc2)c2cc(C)c(C)cc21. The number of nitrogens with zero attached hydrogens (tertiary/aromatic N) is 3. The largest absolute Gasteiger partial charge is 0.465 e. The second kappa shape index (κ2) is 7.57. The zero-order valence-electron chi connectivity index (χ0n) is 15.6. The second-order valence-electron chi connectivity index (χ2n) is 6.34. The van der Waals surface area contributed by atoms with Gasteiger partial charge in [-0.25, -0.2) is 0 Å². The Morgan fingerprint density at radius 3 is 2.52 bits per heavy atom. The van der Waals surface area contributed by atoms with Crippen molar-refractivity contribution < 1.29 is 19.1 Å². The van der Waals surface area contributed by atoms with Crippen molar-refractivity contribution in [2.45, 2.75) is 20.8 Å². The Balaban J connectivity index is 2.04. The summed E-state index contributed by atoms with van der Waals surface area (Å²) in [7, 11) is 0. The van der Waals surface area contributed by atoms with Gasteiger partial charge in [-0.2, -0.15) is 0 Å². The minimum absolute atomic E-state index is 0.150. The van der Waals surface area contributed by atoms with Gasteiger partial charge in [0.1, 0.15) is 13.1 Å². The molecule has 0 saturated heterocycles. The molecule has 0 radical (unpaired) electrons. The van der Waals surface area contributed by atoms with Gasteiger partial charge in [0.2, 0.25) is 5.91 Å². The summed E-state index contributed by atoms with van der Waals surface area (Å²) < 4.78 is 4.98. The zero-order chi connectivity index (χ0) is 19.6. The van der Waals surface area contributed by atoms with E-state index in [2.05, 4.69) is 4.98 Å². The quantitative estimate of drug-likeness (QED) is 0.775. The summed E-state index contributed by atoms with van der Waals surface area (Å²) in [6.07, 6.45) is 3.05. The van der Waals surface area contributed by atoms with Gasteiger partial charge in [0.25, 0.3) is 5.91 Å². The summed E-state index contributed by atoms with van der Waals surface area (Å²) in [5.41, 5.74) is 3.47. The average Bonchev–Trinajstić information content (AvgIpc) is 2.66.